The lowest BCUT2D eigenvalue weighted by Gasteiger charge is -2.41. The van der Waals surface area contributed by atoms with E-state index in [1.807, 2.05) is 13.8 Å². The van der Waals surface area contributed by atoms with Crippen LogP contribution in [-0.4, -0.2) is 70.6 Å². The molecule has 2 aliphatic heterocycles. The molecule has 19 heavy (non-hydrogen) atoms. The molecule has 1 unspecified atom stereocenters. The number of aliphatic hydroxyl groups is 4. The second-order valence-corrected chi connectivity index (χ2v) is 5.61. The molecule has 2 rings (SSSR count). The van der Waals surface area contributed by atoms with E-state index in [4.69, 9.17) is 19.4 Å². The number of rotatable bonds is 3. The molecular formula is C11H21NO7. The van der Waals surface area contributed by atoms with E-state index in [2.05, 4.69) is 5.48 Å². The molecule has 0 aromatic carbocycles. The van der Waals surface area contributed by atoms with Crippen LogP contribution in [0, 0.1) is 5.41 Å². The van der Waals surface area contributed by atoms with E-state index in [0.717, 1.165) is 0 Å². The maximum Gasteiger partial charge on any atom is 0.188 e. The van der Waals surface area contributed by atoms with Gasteiger partial charge in [-0.1, -0.05) is 13.8 Å². The third kappa shape index (κ3) is 2.91. The predicted molar refractivity (Wildman–Crippen MR) is 61.5 cm³/mol. The Balaban J connectivity index is 2.03. The van der Waals surface area contributed by atoms with Crippen LogP contribution in [0.4, 0.5) is 0 Å². The molecule has 8 heteroatoms. The monoisotopic (exact) mass is 279 g/mol. The Bertz CT molecular complexity index is 311. The fourth-order valence-corrected chi connectivity index (χ4v) is 2.06. The molecule has 2 aliphatic rings. The smallest absolute Gasteiger partial charge is 0.188 e. The molecule has 2 fully saturated rings. The normalized spacial score (nSPS) is 46.4. The molecule has 0 spiro atoms. The lowest BCUT2D eigenvalue weighted by Crippen LogP contribution is -2.60. The van der Waals surface area contributed by atoms with Gasteiger partial charge in [-0.25, -0.2) is 0 Å². The van der Waals surface area contributed by atoms with Crippen LogP contribution >= 0.6 is 0 Å². The Morgan fingerprint density at radius 3 is 2.42 bits per heavy atom. The van der Waals surface area contributed by atoms with Gasteiger partial charge in [-0.15, -0.1) is 0 Å². The number of nitrogens with one attached hydrogen (secondary N) is 1. The van der Waals surface area contributed by atoms with Gasteiger partial charge in [-0.2, -0.15) is 5.48 Å². The molecule has 2 saturated heterocycles. The maximum absolute atomic E-state index is 9.84. The predicted octanol–water partition coefficient (Wildman–Crippen LogP) is -2.31. The van der Waals surface area contributed by atoms with Crippen molar-refractivity contribution in [3.8, 4) is 0 Å². The minimum atomic E-state index is -1.44. The Morgan fingerprint density at radius 1 is 1.21 bits per heavy atom. The van der Waals surface area contributed by atoms with E-state index in [-0.39, 0.29) is 5.41 Å². The first kappa shape index (κ1) is 15.1. The Hall–Kier alpha value is -0.320. The average Bonchev–Trinajstić information content (AvgIpc) is 2.69. The number of hydrogen-bond donors (Lipinski definition) is 5. The van der Waals surface area contributed by atoms with Crippen molar-refractivity contribution in [3.05, 3.63) is 0 Å². The second kappa shape index (κ2) is 5.58. The summed E-state index contributed by atoms with van der Waals surface area (Å²) in [4.78, 5) is 5.08. The van der Waals surface area contributed by atoms with Gasteiger partial charge in [0.05, 0.1) is 13.2 Å². The molecule has 0 radical (unpaired) electrons. The van der Waals surface area contributed by atoms with E-state index in [0.29, 0.717) is 6.61 Å². The van der Waals surface area contributed by atoms with Gasteiger partial charge >= 0.3 is 0 Å². The van der Waals surface area contributed by atoms with Crippen LogP contribution in [0.5, 0.6) is 0 Å². The number of hydroxylamine groups is 1. The summed E-state index contributed by atoms with van der Waals surface area (Å²) in [5.74, 6) is 0. The average molecular weight is 279 g/mol. The summed E-state index contributed by atoms with van der Waals surface area (Å²) in [7, 11) is 0. The zero-order chi connectivity index (χ0) is 14.2. The highest BCUT2D eigenvalue weighted by molar-refractivity contribution is 4.90. The van der Waals surface area contributed by atoms with Crippen LogP contribution in [0.15, 0.2) is 0 Å². The van der Waals surface area contributed by atoms with Gasteiger partial charge in [-0.3, -0.25) is 4.84 Å². The van der Waals surface area contributed by atoms with Crippen molar-refractivity contribution >= 4 is 0 Å². The summed E-state index contributed by atoms with van der Waals surface area (Å²) in [5.41, 5.74) is 2.32. The number of hydrogen-bond acceptors (Lipinski definition) is 8. The van der Waals surface area contributed by atoms with Crippen molar-refractivity contribution in [2.24, 2.45) is 5.41 Å². The number of aliphatic hydroxyl groups excluding tert-OH is 4. The molecule has 0 aliphatic carbocycles. The first-order valence-corrected chi connectivity index (χ1v) is 6.20. The fraction of sp³-hybridized carbons (Fsp3) is 1.00. The van der Waals surface area contributed by atoms with Gasteiger partial charge in [0.2, 0.25) is 0 Å². The van der Waals surface area contributed by atoms with Gasteiger partial charge in [0.1, 0.15) is 30.6 Å². The highest BCUT2D eigenvalue weighted by Gasteiger charge is 2.47. The van der Waals surface area contributed by atoms with Crippen LogP contribution in [0.2, 0.25) is 0 Å². The quantitative estimate of drug-likeness (QED) is 0.391. The van der Waals surface area contributed by atoms with Crippen molar-refractivity contribution < 1.29 is 34.7 Å². The van der Waals surface area contributed by atoms with Crippen molar-refractivity contribution in [1.29, 1.82) is 0 Å². The summed E-state index contributed by atoms with van der Waals surface area (Å²) in [6.45, 7) is 3.75. The second-order valence-electron chi connectivity index (χ2n) is 5.61. The van der Waals surface area contributed by atoms with Crippen LogP contribution in [-0.2, 0) is 14.3 Å². The molecule has 0 bridgehead atoms. The molecule has 0 saturated carbocycles. The SMILES string of the molecule is CC1(C)CONC1O[C@@H]1O[C@H](CO)[C@@H](O)[C@H](O)[C@H]1O. The molecule has 0 aromatic heterocycles. The molecule has 5 N–H and O–H groups in total. The molecule has 112 valence electrons. The van der Waals surface area contributed by atoms with Gasteiger partial charge in [0.25, 0.3) is 0 Å². The van der Waals surface area contributed by atoms with E-state index in [1.54, 1.807) is 0 Å². The Kier molecular flexibility index (Phi) is 4.43. The summed E-state index contributed by atoms with van der Waals surface area (Å²) < 4.78 is 10.8. The molecule has 0 amide bonds. The maximum atomic E-state index is 9.84. The highest BCUT2D eigenvalue weighted by Crippen LogP contribution is 2.30. The molecule has 2 heterocycles. The van der Waals surface area contributed by atoms with E-state index in [1.165, 1.54) is 0 Å². The molecule has 8 nitrogen and oxygen atoms in total. The minimum absolute atomic E-state index is 0.335. The summed E-state index contributed by atoms with van der Waals surface area (Å²) in [6.07, 6.45) is -6.91. The zero-order valence-corrected chi connectivity index (χ0v) is 10.9. The topological polar surface area (TPSA) is 121 Å². The lowest BCUT2D eigenvalue weighted by atomic mass is 9.93. The van der Waals surface area contributed by atoms with Gasteiger partial charge in [0.15, 0.2) is 6.29 Å². The van der Waals surface area contributed by atoms with Crippen molar-refractivity contribution in [2.75, 3.05) is 13.2 Å². The standard InChI is InChI=1S/C11H21NO7/c1-11(2)4-17-12-10(11)19-9-8(16)7(15)6(14)5(3-13)18-9/h5-10,12-16H,3-4H2,1-2H3/t5-,6-,7+,8-,9+,10?/m1/s1. The third-order valence-electron chi connectivity index (χ3n) is 3.46. The first-order chi connectivity index (χ1) is 8.86. The van der Waals surface area contributed by atoms with Gasteiger partial charge in [0, 0.05) is 5.41 Å². The summed E-state index contributed by atoms with van der Waals surface area (Å²) in [6, 6.07) is 0. The summed E-state index contributed by atoms with van der Waals surface area (Å²) in [5, 5.41) is 38.2. The first-order valence-electron chi connectivity index (χ1n) is 6.20. The van der Waals surface area contributed by atoms with Crippen LogP contribution in [0.25, 0.3) is 0 Å². The lowest BCUT2D eigenvalue weighted by molar-refractivity contribution is -0.320. The minimum Gasteiger partial charge on any atom is -0.394 e. The zero-order valence-electron chi connectivity index (χ0n) is 10.9. The number of ether oxygens (including phenoxy) is 2. The van der Waals surface area contributed by atoms with E-state index >= 15 is 0 Å². The Labute approximate surface area is 110 Å². The van der Waals surface area contributed by atoms with Crippen molar-refractivity contribution in [1.82, 2.24) is 5.48 Å². The van der Waals surface area contributed by atoms with Crippen molar-refractivity contribution in [2.45, 2.75) is 50.8 Å². The van der Waals surface area contributed by atoms with Gasteiger partial charge < -0.3 is 29.9 Å². The van der Waals surface area contributed by atoms with Gasteiger partial charge in [-0.05, 0) is 0 Å². The largest absolute Gasteiger partial charge is 0.394 e. The third-order valence-corrected chi connectivity index (χ3v) is 3.46. The molecular weight excluding hydrogens is 258 g/mol. The van der Waals surface area contributed by atoms with Crippen molar-refractivity contribution in [3.63, 3.8) is 0 Å². The molecule has 6 atom stereocenters. The molecule has 0 aromatic rings. The van der Waals surface area contributed by atoms with Crippen LogP contribution < -0.4 is 5.48 Å². The van der Waals surface area contributed by atoms with E-state index in [9.17, 15) is 15.3 Å². The fourth-order valence-electron chi connectivity index (χ4n) is 2.06. The van der Waals surface area contributed by atoms with Crippen LogP contribution in [0.3, 0.4) is 0 Å². The van der Waals surface area contributed by atoms with E-state index < -0.39 is 43.5 Å². The summed E-state index contributed by atoms with van der Waals surface area (Å²) >= 11 is 0. The highest BCUT2D eigenvalue weighted by atomic mass is 16.8. The van der Waals surface area contributed by atoms with Crippen LogP contribution in [0.1, 0.15) is 13.8 Å². The Morgan fingerprint density at radius 2 is 1.89 bits per heavy atom.